The van der Waals surface area contributed by atoms with E-state index >= 15 is 0 Å². The normalized spacial score (nSPS) is 9.30. The third-order valence-corrected chi connectivity index (χ3v) is 2.74. The van der Waals surface area contributed by atoms with Crippen LogP contribution in [0.3, 0.4) is 0 Å². The minimum absolute atomic E-state index is 0.0597. The molecule has 0 unspecified atom stereocenters. The molecule has 112 valence electrons. The van der Waals surface area contributed by atoms with Crippen LogP contribution in [0.25, 0.3) is 0 Å². The van der Waals surface area contributed by atoms with Crippen LogP contribution in [0.1, 0.15) is 51.5 Å². The molecule has 0 radical (unpaired) electrons. The average Bonchev–Trinajstić information content (AvgIpc) is 2.45. The minimum Gasteiger partial charge on any atom is -0.466 e. The third-order valence-electron chi connectivity index (χ3n) is 2.74. The Morgan fingerprint density at radius 1 is 1.15 bits per heavy atom. The Hall–Kier alpha value is -1.57. The van der Waals surface area contributed by atoms with Gasteiger partial charge in [-0.05, 0) is 38.7 Å². The second-order valence-electron chi connectivity index (χ2n) is 4.61. The average molecular weight is 276 g/mol. The maximum Gasteiger partial charge on any atom is 0.305 e. The molecule has 1 rings (SSSR count). The summed E-state index contributed by atoms with van der Waals surface area (Å²) >= 11 is 0. The van der Waals surface area contributed by atoms with Crippen molar-refractivity contribution < 1.29 is 9.53 Å². The molecule has 0 saturated carbocycles. The number of hydrogen-bond acceptors (Lipinski definition) is 2. The van der Waals surface area contributed by atoms with E-state index in [2.05, 4.69) is 30.8 Å². The Kier molecular flexibility index (Phi) is 12.8. The Balaban J connectivity index is 0.00000110. The van der Waals surface area contributed by atoms with E-state index in [1.165, 1.54) is 18.4 Å². The molecule has 2 nitrogen and oxygen atoms in total. The number of allylic oxidation sites excluding steroid dienone is 1. The summed E-state index contributed by atoms with van der Waals surface area (Å²) in [6.45, 7) is 7.59. The van der Waals surface area contributed by atoms with Crippen LogP contribution in [0.2, 0.25) is 0 Å². The second-order valence-corrected chi connectivity index (χ2v) is 4.61. The maximum atomic E-state index is 11.1. The summed E-state index contributed by atoms with van der Waals surface area (Å²) in [4.78, 5) is 11.1. The van der Waals surface area contributed by atoms with E-state index < -0.39 is 0 Å². The molecule has 1 aromatic carbocycles. The highest BCUT2D eigenvalue weighted by Crippen LogP contribution is 2.09. The molecule has 1 aromatic rings. The molecule has 0 spiro atoms. The van der Waals surface area contributed by atoms with Crippen molar-refractivity contribution in [1.29, 1.82) is 0 Å². The first kappa shape index (κ1) is 18.4. The third kappa shape index (κ3) is 11.5. The molecule has 0 aliphatic rings. The number of aryl methyl sites for hydroxylation is 1. The van der Waals surface area contributed by atoms with Crippen molar-refractivity contribution in [3.8, 4) is 0 Å². The highest BCUT2D eigenvalue weighted by Gasteiger charge is 2.00. The molecule has 0 amide bonds. The fraction of sp³-hybridized carbons (Fsp3) is 0.500. The van der Waals surface area contributed by atoms with Crippen LogP contribution in [-0.4, -0.2) is 12.6 Å². The van der Waals surface area contributed by atoms with Crippen LogP contribution in [0.15, 0.2) is 43.0 Å². The molecule has 0 aliphatic heterocycles. The highest BCUT2D eigenvalue weighted by molar-refractivity contribution is 5.69. The van der Waals surface area contributed by atoms with Crippen LogP contribution < -0.4 is 0 Å². The van der Waals surface area contributed by atoms with Crippen molar-refractivity contribution in [2.24, 2.45) is 0 Å². The van der Waals surface area contributed by atoms with Gasteiger partial charge in [0.25, 0.3) is 0 Å². The fourth-order valence-corrected chi connectivity index (χ4v) is 1.83. The van der Waals surface area contributed by atoms with Gasteiger partial charge in [-0.2, -0.15) is 0 Å². The van der Waals surface area contributed by atoms with Gasteiger partial charge in [-0.25, -0.2) is 0 Å². The van der Waals surface area contributed by atoms with Crippen LogP contribution >= 0.6 is 0 Å². The number of esters is 1. The van der Waals surface area contributed by atoms with E-state index in [4.69, 9.17) is 4.74 Å². The molecule has 0 N–H and O–H groups in total. The topological polar surface area (TPSA) is 26.3 Å². The van der Waals surface area contributed by atoms with Crippen molar-refractivity contribution in [3.63, 3.8) is 0 Å². The van der Waals surface area contributed by atoms with Crippen molar-refractivity contribution in [2.75, 3.05) is 6.61 Å². The Morgan fingerprint density at radius 3 is 2.35 bits per heavy atom. The van der Waals surface area contributed by atoms with Crippen LogP contribution in [-0.2, 0) is 16.0 Å². The summed E-state index contributed by atoms with van der Waals surface area (Å²) in [7, 11) is 0. The number of rotatable bonds is 8. The summed E-state index contributed by atoms with van der Waals surface area (Å²) in [5, 5.41) is 0. The van der Waals surface area contributed by atoms with Crippen LogP contribution in [0, 0.1) is 0 Å². The molecule has 0 heterocycles. The first-order chi connectivity index (χ1) is 9.74. The molecule has 0 aliphatic carbocycles. The molecule has 0 saturated heterocycles. The van der Waals surface area contributed by atoms with Gasteiger partial charge in [0, 0.05) is 6.42 Å². The Bertz CT molecular complexity index is 344. The van der Waals surface area contributed by atoms with Crippen LogP contribution in [0.4, 0.5) is 0 Å². The standard InChI is InChI=1S/C15H22O2.C3H6/c1-2-17-15(16)13-9-4-3-6-10-14-11-7-5-8-12-14;1-3-2/h5,7-8,11-12H,2-4,6,9-10,13H2,1H3;3H,1H2,2H3. The smallest absolute Gasteiger partial charge is 0.305 e. The lowest BCUT2D eigenvalue weighted by Gasteiger charge is -2.02. The van der Waals surface area contributed by atoms with E-state index in [0.717, 1.165) is 19.3 Å². The van der Waals surface area contributed by atoms with E-state index in [1.54, 1.807) is 6.08 Å². The van der Waals surface area contributed by atoms with Gasteiger partial charge in [-0.15, -0.1) is 6.58 Å². The number of ether oxygens (including phenoxy) is 1. The molecule has 0 aromatic heterocycles. The molecule has 0 bridgehead atoms. The van der Waals surface area contributed by atoms with Crippen molar-refractivity contribution in [2.45, 2.75) is 52.4 Å². The number of unbranched alkanes of at least 4 members (excludes halogenated alkanes) is 3. The number of benzene rings is 1. The summed E-state index contributed by atoms with van der Waals surface area (Å²) in [6, 6.07) is 10.5. The van der Waals surface area contributed by atoms with Crippen LogP contribution in [0.5, 0.6) is 0 Å². The first-order valence-corrected chi connectivity index (χ1v) is 7.51. The highest BCUT2D eigenvalue weighted by atomic mass is 16.5. The van der Waals surface area contributed by atoms with Crippen molar-refractivity contribution >= 4 is 5.97 Å². The maximum absolute atomic E-state index is 11.1. The zero-order chi connectivity index (χ0) is 15.1. The SMILES string of the molecule is C=CC.CCOC(=O)CCCCCCc1ccccc1. The monoisotopic (exact) mass is 276 g/mol. The summed E-state index contributed by atoms with van der Waals surface area (Å²) in [5.74, 6) is -0.0597. The van der Waals surface area contributed by atoms with Gasteiger partial charge in [-0.3, -0.25) is 4.79 Å². The fourth-order valence-electron chi connectivity index (χ4n) is 1.83. The van der Waals surface area contributed by atoms with E-state index in [1.807, 2.05) is 19.9 Å². The number of hydrogen-bond donors (Lipinski definition) is 0. The van der Waals surface area contributed by atoms with Crippen molar-refractivity contribution in [1.82, 2.24) is 0 Å². The quantitative estimate of drug-likeness (QED) is 0.382. The summed E-state index contributed by atoms with van der Waals surface area (Å²) in [5.41, 5.74) is 1.40. The largest absolute Gasteiger partial charge is 0.466 e. The molecule has 0 fully saturated rings. The molecule has 0 atom stereocenters. The number of carbonyl (C=O) groups is 1. The summed E-state index contributed by atoms with van der Waals surface area (Å²) < 4.78 is 4.88. The summed E-state index contributed by atoms with van der Waals surface area (Å²) in [6.07, 6.45) is 7.92. The lowest BCUT2D eigenvalue weighted by Crippen LogP contribution is -2.03. The van der Waals surface area contributed by atoms with Gasteiger partial charge in [0.05, 0.1) is 6.61 Å². The van der Waals surface area contributed by atoms with Gasteiger partial charge in [0.2, 0.25) is 0 Å². The molecular weight excluding hydrogens is 248 g/mol. The lowest BCUT2D eigenvalue weighted by atomic mass is 10.1. The van der Waals surface area contributed by atoms with E-state index in [-0.39, 0.29) is 5.97 Å². The van der Waals surface area contributed by atoms with Gasteiger partial charge < -0.3 is 4.74 Å². The van der Waals surface area contributed by atoms with Gasteiger partial charge in [0.15, 0.2) is 0 Å². The van der Waals surface area contributed by atoms with Gasteiger partial charge in [-0.1, -0.05) is 49.2 Å². The van der Waals surface area contributed by atoms with E-state index in [9.17, 15) is 4.79 Å². The van der Waals surface area contributed by atoms with Crippen molar-refractivity contribution in [3.05, 3.63) is 48.6 Å². The van der Waals surface area contributed by atoms with Gasteiger partial charge in [0.1, 0.15) is 0 Å². The molecular formula is C18H28O2. The predicted molar refractivity (Wildman–Crippen MR) is 85.7 cm³/mol. The Labute approximate surface area is 123 Å². The second kappa shape index (κ2) is 13.9. The minimum atomic E-state index is -0.0597. The first-order valence-electron chi connectivity index (χ1n) is 7.51. The zero-order valence-corrected chi connectivity index (χ0v) is 12.9. The van der Waals surface area contributed by atoms with E-state index in [0.29, 0.717) is 13.0 Å². The Morgan fingerprint density at radius 2 is 1.75 bits per heavy atom. The molecule has 20 heavy (non-hydrogen) atoms. The molecule has 2 heteroatoms. The zero-order valence-electron chi connectivity index (χ0n) is 12.9. The number of carbonyl (C=O) groups excluding carboxylic acids is 1. The predicted octanol–water partition coefficient (Wildman–Crippen LogP) is 4.94. The van der Waals surface area contributed by atoms with Gasteiger partial charge >= 0.3 is 5.97 Å². The lowest BCUT2D eigenvalue weighted by molar-refractivity contribution is -0.143.